The Morgan fingerprint density at radius 1 is 1.62 bits per heavy atom. The van der Waals surface area contributed by atoms with Crippen molar-refractivity contribution in [2.75, 3.05) is 19.0 Å². The van der Waals surface area contributed by atoms with Gasteiger partial charge in [-0.2, -0.15) is 0 Å². The van der Waals surface area contributed by atoms with Gasteiger partial charge in [0, 0.05) is 20.3 Å². The summed E-state index contributed by atoms with van der Waals surface area (Å²) < 4.78 is 0. The molecule has 1 aromatic rings. The molecule has 1 aromatic heterocycles. The molecule has 0 atom stereocenters. The molecule has 1 N–H and O–H groups in total. The first-order valence-electron chi connectivity index (χ1n) is 3.72. The molecule has 0 fully saturated rings. The first-order valence-corrected chi connectivity index (χ1v) is 4.10. The fraction of sp³-hybridized carbons (Fsp3) is 0.250. The van der Waals surface area contributed by atoms with E-state index in [1.807, 2.05) is 0 Å². The van der Waals surface area contributed by atoms with Gasteiger partial charge in [0.15, 0.2) is 0 Å². The molecule has 0 spiro atoms. The zero-order chi connectivity index (χ0) is 9.84. The number of nitrogens with one attached hydrogen (secondary N) is 1. The number of anilines is 1. The van der Waals surface area contributed by atoms with Gasteiger partial charge in [0.05, 0.1) is 5.02 Å². The number of amides is 2. The standard InChI is InChI=1S/C8H10ClN3O/c1-10-8(13)12(2)7-4-3-6(9)5-11-7/h3-5H,1-2H3,(H,10,13). The van der Waals surface area contributed by atoms with Gasteiger partial charge in [0.2, 0.25) is 0 Å². The van der Waals surface area contributed by atoms with Crippen LogP contribution in [-0.2, 0) is 0 Å². The van der Waals surface area contributed by atoms with E-state index < -0.39 is 0 Å². The second-order valence-electron chi connectivity index (χ2n) is 2.45. The van der Waals surface area contributed by atoms with Crippen molar-refractivity contribution < 1.29 is 4.79 Å². The molecule has 4 nitrogen and oxygen atoms in total. The van der Waals surface area contributed by atoms with E-state index in [-0.39, 0.29) is 6.03 Å². The summed E-state index contributed by atoms with van der Waals surface area (Å²) in [4.78, 5) is 16.5. The lowest BCUT2D eigenvalue weighted by atomic mass is 10.4. The van der Waals surface area contributed by atoms with Crippen molar-refractivity contribution in [3.8, 4) is 0 Å². The van der Waals surface area contributed by atoms with Gasteiger partial charge in [-0.1, -0.05) is 11.6 Å². The fourth-order valence-corrected chi connectivity index (χ4v) is 0.950. The summed E-state index contributed by atoms with van der Waals surface area (Å²) in [6.45, 7) is 0. The van der Waals surface area contributed by atoms with Crippen molar-refractivity contribution in [1.82, 2.24) is 10.3 Å². The SMILES string of the molecule is CNC(=O)N(C)c1ccc(Cl)cn1. The first kappa shape index (κ1) is 9.80. The van der Waals surface area contributed by atoms with Gasteiger partial charge >= 0.3 is 6.03 Å². The minimum Gasteiger partial charge on any atom is -0.341 e. The number of pyridine rings is 1. The number of halogens is 1. The van der Waals surface area contributed by atoms with E-state index in [2.05, 4.69) is 10.3 Å². The highest BCUT2D eigenvalue weighted by atomic mass is 35.5. The molecule has 1 heterocycles. The van der Waals surface area contributed by atoms with Crippen LogP contribution in [0.15, 0.2) is 18.3 Å². The number of hydrogen-bond donors (Lipinski definition) is 1. The Morgan fingerprint density at radius 2 is 2.31 bits per heavy atom. The molecule has 0 unspecified atom stereocenters. The molecule has 5 heteroatoms. The Hall–Kier alpha value is -1.29. The molecule has 2 amide bonds. The number of rotatable bonds is 1. The molecule has 0 saturated heterocycles. The molecule has 70 valence electrons. The largest absolute Gasteiger partial charge is 0.341 e. The van der Waals surface area contributed by atoms with Crippen molar-refractivity contribution in [2.24, 2.45) is 0 Å². The van der Waals surface area contributed by atoms with Gasteiger partial charge in [0.25, 0.3) is 0 Å². The lowest BCUT2D eigenvalue weighted by Gasteiger charge is -2.14. The van der Waals surface area contributed by atoms with E-state index in [1.165, 1.54) is 11.1 Å². The molecular formula is C8H10ClN3O. The first-order chi connectivity index (χ1) is 6.15. The Kier molecular flexibility index (Phi) is 3.08. The van der Waals surface area contributed by atoms with Crippen LogP contribution in [0.5, 0.6) is 0 Å². The quantitative estimate of drug-likeness (QED) is 0.745. The zero-order valence-corrected chi connectivity index (χ0v) is 8.17. The van der Waals surface area contributed by atoms with E-state index in [0.29, 0.717) is 10.8 Å². The Labute approximate surface area is 81.5 Å². The molecule has 13 heavy (non-hydrogen) atoms. The van der Waals surface area contributed by atoms with Crippen LogP contribution >= 0.6 is 11.6 Å². The van der Waals surface area contributed by atoms with Crippen LogP contribution in [0.1, 0.15) is 0 Å². The summed E-state index contributed by atoms with van der Waals surface area (Å²) in [5.74, 6) is 0.559. The third-order valence-corrected chi connectivity index (χ3v) is 1.80. The second-order valence-corrected chi connectivity index (χ2v) is 2.89. The average Bonchev–Trinajstić information content (AvgIpc) is 2.17. The van der Waals surface area contributed by atoms with Crippen LogP contribution < -0.4 is 10.2 Å². The molecule has 0 aliphatic rings. The van der Waals surface area contributed by atoms with Crippen molar-refractivity contribution in [3.05, 3.63) is 23.4 Å². The summed E-state index contributed by atoms with van der Waals surface area (Å²) >= 11 is 5.65. The molecule has 0 radical (unpaired) electrons. The summed E-state index contributed by atoms with van der Waals surface area (Å²) in [6.07, 6.45) is 1.50. The molecule has 0 bridgehead atoms. The minimum absolute atomic E-state index is 0.213. The van der Waals surface area contributed by atoms with Crippen LogP contribution in [0.2, 0.25) is 5.02 Å². The highest BCUT2D eigenvalue weighted by Gasteiger charge is 2.08. The van der Waals surface area contributed by atoms with Gasteiger partial charge in [-0.15, -0.1) is 0 Å². The summed E-state index contributed by atoms with van der Waals surface area (Å²) in [6, 6.07) is 3.15. The zero-order valence-electron chi connectivity index (χ0n) is 7.41. The van der Waals surface area contributed by atoms with Crippen LogP contribution in [-0.4, -0.2) is 25.1 Å². The van der Waals surface area contributed by atoms with Gasteiger partial charge < -0.3 is 5.32 Å². The Morgan fingerprint density at radius 3 is 2.77 bits per heavy atom. The molecular weight excluding hydrogens is 190 g/mol. The van der Waals surface area contributed by atoms with Crippen LogP contribution in [0, 0.1) is 0 Å². The normalized spacial score (nSPS) is 9.46. The molecule has 0 saturated carbocycles. The van der Waals surface area contributed by atoms with Gasteiger partial charge in [-0.25, -0.2) is 9.78 Å². The van der Waals surface area contributed by atoms with Gasteiger partial charge in [-0.05, 0) is 12.1 Å². The maximum atomic E-state index is 11.1. The summed E-state index contributed by atoms with van der Waals surface area (Å²) in [5.41, 5.74) is 0. The molecule has 0 aliphatic heterocycles. The maximum absolute atomic E-state index is 11.1. The van der Waals surface area contributed by atoms with Crippen LogP contribution in [0.4, 0.5) is 10.6 Å². The van der Waals surface area contributed by atoms with Crippen molar-refractivity contribution >= 4 is 23.4 Å². The predicted octanol–water partition coefficient (Wildman–Crippen LogP) is 1.51. The smallest absolute Gasteiger partial charge is 0.322 e. The van der Waals surface area contributed by atoms with E-state index in [1.54, 1.807) is 26.2 Å². The predicted molar refractivity (Wildman–Crippen MR) is 52.1 cm³/mol. The topological polar surface area (TPSA) is 45.2 Å². The third kappa shape index (κ3) is 2.32. The minimum atomic E-state index is -0.213. The number of carbonyl (C=O) groups excluding carboxylic acids is 1. The lowest BCUT2D eigenvalue weighted by Crippen LogP contribution is -2.35. The van der Waals surface area contributed by atoms with E-state index >= 15 is 0 Å². The number of urea groups is 1. The Bertz CT molecular complexity index is 299. The fourth-order valence-electron chi connectivity index (χ4n) is 0.838. The number of aromatic nitrogens is 1. The number of carbonyl (C=O) groups is 1. The maximum Gasteiger partial charge on any atom is 0.322 e. The number of hydrogen-bond acceptors (Lipinski definition) is 2. The second kappa shape index (κ2) is 4.09. The van der Waals surface area contributed by atoms with E-state index in [0.717, 1.165) is 0 Å². The molecule has 1 rings (SSSR count). The van der Waals surface area contributed by atoms with E-state index in [4.69, 9.17) is 11.6 Å². The average molecular weight is 200 g/mol. The molecule has 0 aliphatic carbocycles. The monoisotopic (exact) mass is 199 g/mol. The third-order valence-electron chi connectivity index (χ3n) is 1.57. The summed E-state index contributed by atoms with van der Waals surface area (Å²) in [7, 11) is 3.20. The highest BCUT2D eigenvalue weighted by Crippen LogP contribution is 2.12. The Balaban J connectivity index is 2.83. The lowest BCUT2D eigenvalue weighted by molar-refractivity contribution is 0.249. The van der Waals surface area contributed by atoms with Crippen LogP contribution in [0.3, 0.4) is 0 Å². The highest BCUT2D eigenvalue weighted by molar-refractivity contribution is 6.30. The van der Waals surface area contributed by atoms with Crippen molar-refractivity contribution in [2.45, 2.75) is 0 Å². The van der Waals surface area contributed by atoms with E-state index in [9.17, 15) is 4.79 Å². The number of nitrogens with zero attached hydrogens (tertiary/aromatic N) is 2. The van der Waals surface area contributed by atoms with Crippen molar-refractivity contribution in [3.63, 3.8) is 0 Å². The van der Waals surface area contributed by atoms with Crippen molar-refractivity contribution in [1.29, 1.82) is 0 Å². The molecule has 0 aromatic carbocycles. The summed E-state index contributed by atoms with van der Waals surface area (Å²) in [5, 5.41) is 3.04. The van der Waals surface area contributed by atoms with Gasteiger partial charge in [0.1, 0.15) is 5.82 Å². The van der Waals surface area contributed by atoms with Crippen LogP contribution in [0.25, 0.3) is 0 Å². The van der Waals surface area contributed by atoms with Gasteiger partial charge in [-0.3, -0.25) is 4.90 Å².